The van der Waals surface area contributed by atoms with Gasteiger partial charge in [0.1, 0.15) is 5.82 Å². The Morgan fingerprint density at radius 3 is 2.93 bits per heavy atom. The van der Waals surface area contributed by atoms with Crippen molar-refractivity contribution in [2.24, 2.45) is 0 Å². The second-order valence-electron chi connectivity index (χ2n) is 3.54. The lowest BCUT2D eigenvalue weighted by atomic mass is 10.2. The van der Waals surface area contributed by atoms with Crippen molar-refractivity contribution in [1.82, 2.24) is 4.98 Å². The van der Waals surface area contributed by atoms with E-state index in [9.17, 15) is 0 Å². The first-order chi connectivity index (χ1) is 7.20. The summed E-state index contributed by atoms with van der Waals surface area (Å²) in [6.45, 7) is 2.82. The average molecular weight is 273 g/mol. The number of aromatic nitrogens is 1. The van der Waals surface area contributed by atoms with Crippen LogP contribution in [0.5, 0.6) is 0 Å². The van der Waals surface area contributed by atoms with E-state index in [4.69, 9.17) is 4.74 Å². The number of ether oxygens (including phenoxy) is 1. The van der Waals surface area contributed by atoms with Crippen LogP contribution < -0.4 is 4.90 Å². The van der Waals surface area contributed by atoms with Crippen molar-refractivity contribution in [3.8, 4) is 0 Å². The fraction of sp³-hybridized carbons (Fsp3) is 0.545. The zero-order valence-corrected chi connectivity index (χ0v) is 11.0. The minimum atomic E-state index is 0.322. The molecule has 0 spiro atoms. The molecule has 0 aliphatic rings. The molecule has 0 N–H and O–H groups in total. The summed E-state index contributed by atoms with van der Waals surface area (Å²) in [6, 6.07) is 4.35. The quantitative estimate of drug-likeness (QED) is 0.770. The van der Waals surface area contributed by atoms with Crippen LogP contribution in [-0.2, 0) is 10.1 Å². The second kappa shape index (κ2) is 6.08. The zero-order valence-electron chi connectivity index (χ0n) is 9.40. The minimum Gasteiger partial charge on any atom is -0.383 e. The van der Waals surface area contributed by atoms with Gasteiger partial charge in [-0.05, 0) is 13.0 Å². The molecule has 1 rings (SSSR count). The van der Waals surface area contributed by atoms with Crippen molar-refractivity contribution in [2.75, 3.05) is 25.7 Å². The fourth-order valence-electron chi connectivity index (χ4n) is 1.41. The molecule has 3 nitrogen and oxygen atoms in total. The Kier molecular flexibility index (Phi) is 5.05. The van der Waals surface area contributed by atoms with Gasteiger partial charge in [0.2, 0.25) is 0 Å². The van der Waals surface area contributed by atoms with Crippen LogP contribution in [0.3, 0.4) is 0 Å². The number of nitrogens with zero attached hydrogens (tertiary/aromatic N) is 2. The van der Waals surface area contributed by atoms with E-state index in [-0.39, 0.29) is 0 Å². The van der Waals surface area contributed by atoms with Gasteiger partial charge in [0.25, 0.3) is 0 Å². The van der Waals surface area contributed by atoms with E-state index in [0.717, 1.165) is 11.1 Å². The number of alkyl halides is 1. The first-order valence-electron chi connectivity index (χ1n) is 4.92. The third-order valence-corrected chi connectivity index (χ3v) is 3.02. The van der Waals surface area contributed by atoms with E-state index >= 15 is 0 Å². The molecule has 1 atom stereocenters. The monoisotopic (exact) mass is 272 g/mol. The van der Waals surface area contributed by atoms with Crippen molar-refractivity contribution < 1.29 is 4.74 Å². The van der Waals surface area contributed by atoms with E-state index in [1.54, 1.807) is 7.11 Å². The van der Waals surface area contributed by atoms with Crippen LogP contribution in [0, 0.1) is 0 Å². The molecule has 0 fully saturated rings. The molecule has 0 bridgehead atoms. The summed E-state index contributed by atoms with van der Waals surface area (Å²) >= 11 is 3.47. The number of hydrogen-bond acceptors (Lipinski definition) is 3. The Labute approximate surface area is 99.6 Å². The van der Waals surface area contributed by atoms with Crippen LogP contribution in [0.2, 0.25) is 0 Å². The van der Waals surface area contributed by atoms with E-state index in [2.05, 4.69) is 38.8 Å². The number of likely N-dealkylation sites (N-methyl/N-ethyl adjacent to an activating group) is 1. The lowest BCUT2D eigenvalue weighted by molar-refractivity contribution is 0.183. The summed E-state index contributed by atoms with van der Waals surface area (Å²) in [5.41, 5.74) is 1.20. The number of halogens is 1. The van der Waals surface area contributed by atoms with Gasteiger partial charge in [-0.25, -0.2) is 4.98 Å². The lowest BCUT2D eigenvalue weighted by Gasteiger charge is -2.26. The normalized spacial score (nSPS) is 12.5. The van der Waals surface area contributed by atoms with Crippen LogP contribution in [0.4, 0.5) is 5.82 Å². The predicted molar refractivity (Wildman–Crippen MR) is 66.6 cm³/mol. The van der Waals surface area contributed by atoms with Crippen molar-refractivity contribution in [2.45, 2.75) is 18.3 Å². The molecule has 1 aromatic rings. The van der Waals surface area contributed by atoms with Crippen LogP contribution in [0.1, 0.15) is 12.5 Å². The van der Waals surface area contributed by atoms with Gasteiger partial charge in [0.15, 0.2) is 0 Å². The van der Waals surface area contributed by atoms with Gasteiger partial charge in [0, 0.05) is 31.2 Å². The maximum atomic E-state index is 5.14. The number of rotatable bonds is 5. The van der Waals surface area contributed by atoms with Crippen LogP contribution in [-0.4, -0.2) is 31.8 Å². The maximum Gasteiger partial charge on any atom is 0.132 e. The van der Waals surface area contributed by atoms with Gasteiger partial charge in [-0.15, -0.1) is 0 Å². The summed E-state index contributed by atoms with van der Waals surface area (Å²) < 4.78 is 5.14. The van der Waals surface area contributed by atoms with Gasteiger partial charge in [-0.1, -0.05) is 22.0 Å². The van der Waals surface area contributed by atoms with Crippen LogP contribution >= 0.6 is 15.9 Å². The van der Waals surface area contributed by atoms with E-state index in [0.29, 0.717) is 12.6 Å². The number of hydrogen-bond donors (Lipinski definition) is 0. The molecular formula is C11H17BrN2O. The second-order valence-corrected chi connectivity index (χ2v) is 4.10. The average Bonchev–Trinajstić information content (AvgIpc) is 2.28. The Bertz CT molecular complexity index is 306. The van der Waals surface area contributed by atoms with Gasteiger partial charge in [-0.3, -0.25) is 0 Å². The molecule has 0 radical (unpaired) electrons. The lowest BCUT2D eigenvalue weighted by Crippen LogP contribution is -2.33. The molecule has 0 aliphatic heterocycles. The third kappa shape index (κ3) is 3.18. The van der Waals surface area contributed by atoms with E-state index in [1.165, 1.54) is 5.56 Å². The van der Waals surface area contributed by atoms with Crippen LogP contribution in [0.25, 0.3) is 0 Å². The van der Waals surface area contributed by atoms with Crippen molar-refractivity contribution in [1.29, 1.82) is 0 Å². The highest BCUT2D eigenvalue weighted by Gasteiger charge is 2.13. The third-order valence-electron chi connectivity index (χ3n) is 2.41. The molecule has 84 valence electrons. The summed E-state index contributed by atoms with van der Waals surface area (Å²) in [7, 11) is 3.76. The predicted octanol–water partition coefficient (Wildman–Crippen LogP) is 2.45. The number of methoxy groups -OCH3 is 1. The molecule has 15 heavy (non-hydrogen) atoms. The SMILES string of the molecule is COCC(C)N(C)c1ncccc1CBr. The first kappa shape index (κ1) is 12.5. The fourth-order valence-corrected chi connectivity index (χ4v) is 1.85. The van der Waals surface area contributed by atoms with Gasteiger partial charge < -0.3 is 9.64 Å². The van der Waals surface area contributed by atoms with Crippen molar-refractivity contribution in [3.05, 3.63) is 23.9 Å². The molecule has 0 aliphatic carbocycles. The molecule has 0 aromatic carbocycles. The smallest absolute Gasteiger partial charge is 0.132 e. The maximum absolute atomic E-state index is 5.14. The minimum absolute atomic E-state index is 0.322. The van der Waals surface area contributed by atoms with Crippen molar-refractivity contribution >= 4 is 21.7 Å². The van der Waals surface area contributed by atoms with Gasteiger partial charge >= 0.3 is 0 Å². The highest BCUT2D eigenvalue weighted by Crippen LogP contribution is 2.20. The largest absolute Gasteiger partial charge is 0.383 e. The van der Waals surface area contributed by atoms with E-state index in [1.807, 2.05) is 19.3 Å². The summed E-state index contributed by atoms with van der Waals surface area (Å²) in [5, 5.41) is 0.820. The van der Waals surface area contributed by atoms with Gasteiger partial charge in [-0.2, -0.15) is 0 Å². The topological polar surface area (TPSA) is 25.4 Å². The molecule has 1 unspecified atom stereocenters. The zero-order chi connectivity index (χ0) is 11.3. The summed E-state index contributed by atoms with van der Waals surface area (Å²) in [6.07, 6.45) is 1.82. The van der Waals surface area contributed by atoms with Crippen molar-refractivity contribution in [3.63, 3.8) is 0 Å². The molecule has 0 saturated carbocycles. The van der Waals surface area contributed by atoms with Gasteiger partial charge in [0.05, 0.1) is 12.6 Å². The summed E-state index contributed by atoms with van der Waals surface area (Å²) in [5.74, 6) is 1.01. The first-order valence-corrected chi connectivity index (χ1v) is 6.04. The highest BCUT2D eigenvalue weighted by molar-refractivity contribution is 9.08. The molecule has 4 heteroatoms. The standard InChI is InChI=1S/C11H17BrN2O/c1-9(8-15-3)14(2)11-10(7-12)5-4-6-13-11/h4-6,9H,7-8H2,1-3H3. The highest BCUT2D eigenvalue weighted by atomic mass is 79.9. The Balaban J connectivity index is 2.84. The molecule has 0 amide bonds. The van der Waals surface area contributed by atoms with E-state index < -0.39 is 0 Å². The Hall–Kier alpha value is -0.610. The molecular weight excluding hydrogens is 256 g/mol. The Morgan fingerprint density at radius 2 is 2.33 bits per heavy atom. The molecule has 1 aromatic heterocycles. The number of anilines is 1. The van der Waals surface area contributed by atoms with Crippen LogP contribution in [0.15, 0.2) is 18.3 Å². The molecule has 1 heterocycles. The summed E-state index contributed by atoms with van der Waals surface area (Å²) in [4.78, 5) is 6.53. The Morgan fingerprint density at radius 1 is 1.60 bits per heavy atom. The molecule has 0 saturated heterocycles. The number of pyridine rings is 1.